The van der Waals surface area contributed by atoms with Crippen LogP contribution in [0.25, 0.3) is 0 Å². The second-order valence-corrected chi connectivity index (χ2v) is 4.62. The second-order valence-electron chi connectivity index (χ2n) is 4.62. The van der Waals surface area contributed by atoms with Crippen LogP contribution in [0.4, 0.5) is 11.5 Å². The van der Waals surface area contributed by atoms with Gasteiger partial charge < -0.3 is 16.5 Å². The van der Waals surface area contributed by atoms with E-state index in [1.165, 1.54) is 0 Å². The average Bonchev–Trinajstić information content (AvgIpc) is 1.99. The molecule has 0 radical (unpaired) electrons. The average molecular weight is 206 g/mol. The molecule has 15 heavy (non-hydrogen) atoms. The summed E-state index contributed by atoms with van der Waals surface area (Å²) in [5, 5.41) is 10.9. The van der Waals surface area contributed by atoms with Crippen LogP contribution in [0.3, 0.4) is 0 Å². The molecule has 0 atom stereocenters. The van der Waals surface area contributed by atoms with E-state index in [-0.39, 0.29) is 5.54 Å². The van der Waals surface area contributed by atoms with Gasteiger partial charge in [0.25, 0.3) is 0 Å². The minimum Gasteiger partial charge on any atom is -0.398 e. The number of hydrogen-bond acceptors (Lipinski definition) is 4. The van der Waals surface area contributed by atoms with E-state index in [4.69, 9.17) is 11.1 Å². The Hall–Kier alpha value is -1.58. The largest absolute Gasteiger partial charge is 0.398 e. The molecule has 0 aliphatic rings. The normalized spacial score (nSPS) is 11.2. The molecule has 0 aromatic carbocycles. The Kier molecular flexibility index (Phi) is 2.98. The van der Waals surface area contributed by atoms with Crippen molar-refractivity contribution in [3.05, 3.63) is 17.8 Å². The van der Waals surface area contributed by atoms with Crippen molar-refractivity contribution < 1.29 is 0 Å². The number of nitrogens with two attached hydrogens (primary N) is 1. The monoisotopic (exact) mass is 206 g/mol. The van der Waals surface area contributed by atoms with Crippen molar-refractivity contribution in [3.63, 3.8) is 0 Å². The topological polar surface area (TPSA) is 74.8 Å². The van der Waals surface area contributed by atoms with Gasteiger partial charge in [-0.1, -0.05) is 0 Å². The molecule has 82 valence electrons. The van der Waals surface area contributed by atoms with E-state index in [0.29, 0.717) is 22.8 Å². The fourth-order valence-corrected chi connectivity index (χ4v) is 1.32. The third-order valence-electron chi connectivity index (χ3n) is 1.85. The Balaban J connectivity index is 3.18. The fourth-order valence-electron chi connectivity index (χ4n) is 1.32. The molecule has 0 saturated heterocycles. The number of aromatic nitrogens is 1. The van der Waals surface area contributed by atoms with E-state index in [2.05, 4.69) is 10.3 Å². The molecule has 0 amide bonds. The summed E-state index contributed by atoms with van der Waals surface area (Å²) < 4.78 is 0. The van der Waals surface area contributed by atoms with Gasteiger partial charge in [-0.3, -0.25) is 0 Å². The first-order valence-corrected chi connectivity index (χ1v) is 4.89. The van der Waals surface area contributed by atoms with Gasteiger partial charge >= 0.3 is 0 Å². The Bertz CT molecular complexity index is 377. The van der Waals surface area contributed by atoms with Gasteiger partial charge in [0.1, 0.15) is 5.82 Å². The number of pyridine rings is 1. The van der Waals surface area contributed by atoms with Crippen molar-refractivity contribution in [1.29, 1.82) is 5.41 Å². The third-order valence-corrected chi connectivity index (χ3v) is 1.85. The van der Waals surface area contributed by atoms with Crippen molar-refractivity contribution in [2.75, 3.05) is 11.1 Å². The van der Waals surface area contributed by atoms with Gasteiger partial charge in [0.05, 0.1) is 5.56 Å². The Morgan fingerprint density at radius 3 is 2.53 bits per heavy atom. The quantitative estimate of drug-likeness (QED) is 0.650. The summed E-state index contributed by atoms with van der Waals surface area (Å²) in [5.41, 5.74) is 7.43. The number of nitrogens with one attached hydrogen (secondary N) is 2. The van der Waals surface area contributed by atoms with Gasteiger partial charge in [-0.05, 0) is 33.8 Å². The standard InChI is InChI=1S/C11H18N4/c1-7(12)9-8(13)5-6-14-10(9)15-11(2,3)4/h5-6,12H,1-4H3,(H3,13,14,15). The molecular weight excluding hydrogens is 188 g/mol. The minimum atomic E-state index is -0.0923. The Morgan fingerprint density at radius 1 is 1.47 bits per heavy atom. The maximum Gasteiger partial charge on any atom is 0.137 e. The van der Waals surface area contributed by atoms with Crippen LogP contribution in [-0.2, 0) is 0 Å². The molecule has 0 aliphatic carbocycles. The summed E-state index contributed by atoms with van der Waals surface area (Å²) in [6, 6.07) is 1.71. The lowest BCUT2D eigenvalue weighted by molar-refractivity contribution is 0.630. The molecule has 0 aliphatic heterocycles. The molecule has 1 aromatic rings. The van der Waals surface area contributed by atoms with Crippen LogP contribution in [0.5, 0.6) is 0 Å². The lowest BCUT2D eigenvalue weighted by Crippen LogP contribution is -2.28. The summed E-state index contributed by atoms with van der Waals surface area (Å²) >= 11 is 0. The smallest absolute Gasteiger partial charge is 0.137 e. The van der Waals surface area contributed by atoms with E-state index < -0.39 is 0 Å². The summed E-state index contributed by atoms with van der Waals surface area (Å²) in [6.07, 6.45) is 1.65. The van der Waals surface area contributed by atoms with Crippen LogP contribution in [0.2, 0.25) is 0 Å². The number of rotatable bonds is 2. The maximum absolute atomic E-state index is 7.66. The molecule has 0 saturated carbocycles. The SMILES string of the molecule is CC(=N)c1c(N)ccnc1NC(C)(C)C. The summed E-state index contributed by atoms with van der Waals surface area (Å²) in [6.45, 7) is 7.84. The van der Waals surface area contributed by atoms with Crippen molar-refractivity contribution in [1.82, 2.24) is 4.98 Å². The highest BCUT2D eigenvalue weighted by Crippen LogP contribution is 2.22. The highest BCUT2D eigenvalue weighted by molar-refractivity contribution is 6.05. The van der Waals surface area contributed by atoms with Gasteiger partial charge in [0.15, 0.2) is 0 Å². The maximum atomic E-state index is 7.66. The lowest BCUT2D eigenvalue weighted by Gasteiger charge is -2.23. The lowest BCUT2D eigenvalue weighted by atomic mass is 10.1. The van der Waals surface area contributed by atoms with Gasteiger partial charge in [-0.25, -0.2) is 4.98 Å². The Morgan fingerprint density at radius 2 is 2.07 bits per heavy atom. The highest BCUT2D eigenvalue weighted by Gasteiger charge is 2.15. The predicted octanol–water partition coefficient (Wildman–Crippen LogP) is 2.26. The first-order chi connectivity index (χ1) is 6.81. The molecule has 4 heteroatoms. The van der Waals surface area contributed by atoms with Crippen LogP contribution in [0, 0.1) is 5.41 Å². The van der Waals surface area contributed by atoms with Crippen LogP contribution in [0.15, 0.2) is 12.3 Å². The molecule has 1 aromatic heterocycles. The zero-order valence-electron chi connectivity index (χ0n) is 9.68. The molecule has 0 bridgehead atoms. The van der Waals surface area contributed by atoms with Crippen molar-refractivity contribution >= 4 is 17.2 Å². The first kappa shape index (κ1) is 11.5. The van der Waals surface area contributed by atoms with Crippen LogP contribution >= 0.6 is 0 Å². The van der Waals surface area contributed by atoms with Gasteiger partial charge in [-0.15, -0.1) is 0 Å². The van der Waals surface area contributed by atoms with E-state index in [1.807, 2.05) is 20.8 Å². The van der Waals surface area contributed by atoms with Crippen LogP contribution in [-0.4, -0.2) is 16.2 Å². The van der Waals surface area contributed by atoms with Crippen molar-refractivity contribution in [2.45, 2.75) is 33.2 Å². The summed E-state index contributed by atoms with van der Waals surface area (Å²) in [5.74, 6) is 0.676. The first-order valence-electron chi connectivity index (χ1n) is 4.89. The molecule has 4 nitrogen and oxygen atoms in total. The number of hydrogen-bond donors (Lipinski definition) is 3. The number of nitrogen functional groups attached to an aromatic ring is 1. The molecule has 1 heterocycles. The number of anilines is 2. The molecule has 0 fully saturated rings. The van der Waals surface area contributed by atoms with E-state index >= 15 is 0 Å². The summed E-state index contributed by atoms with van der Waals surface area (Å²) in [4.78, 5) is 4.21. The molecule has 0 unspecified atom stereocenters. The fraction of sp³-hybridized carbons (Fsp3) is 0.455. The van der Waals surface area contributed by atoms with E-state index in [0.717, 1.165) is 0 Å². The van der Waals surface area contributed by atoms with Crippen LogP contribution in [0.1, 0.15) is 33.3 Å². The van der Waals surface area contributed by atoms with Crippen LogP contribution < -0.4 is 11.1 Å². The number of nitrogens with zero attached hydrogens (tertiary/aromatic N) is 1. The van der Waals surface area contributed by atoms with Crippen molar-refractivity contribution in [2.24, 2.45) is 0 Å². The molecule has 1 rings (SSSR count). The van der Waals surface area contributed by atoms with E-state index in [9.17, 15) is 0 Å². The minimum absolute atomic E-state index is 0.0923. The zero-order chi connectivity index (χ0) is 11.6. The Labute approximate surface area is 90.4 Å². The second kappa shape index (κ2) is 3.88. The zero-order valence-corrected chi connectivity index (χ0v) is 9.68. The van der Waals surface area contributed by atoms with Gasteiger partial charge in [0.2, 0.25) is 0 Å². The molecular formula is C11H18N4. The van der Waals surface area contributed by atoms with E-state index in [1.54, 1.807) is 19.2 Å². The highest BCUT2D eigenvalue weighted by atomic mass is 15.0. The predicted molar refractivity (Wildman–Crippen MR) is 64.5 cm³/mol. The third kappa shape index (κ3) is 2.94. The summed E-state index contributed by atoms with van der Waals surface area (Å²) in [7, 11) is 0. The van der Waals surface area contributed by atoms with Gasteiger partial charge in [0, 0.05) is 23.1 Å². The molecule has 4 N–H and O–H groups in total. The van der Waals surface area contributed by atoms with Crippen molar-refractivity contribution in [3.8, 4) is 0 Å². The molecule has 0 spiro atoms. The van der Waals surface area contributed by atoms with Gasteiger partial charge in [-0.2, -0.15) is 0 Å².